The van der Waals surface area contributed by atoms with Gasteiger partial charge in [-0.1, -0.05) is 104 Å². The maximum atomic E-state index is 13.0. The fourth-order valence-corrected chi connectivity index (χ4v) is 5.88. The summed E-state index contributed by atoms with van der Waals surface area (Å²) in [6.45, 7) is 15.0. The van der Waals surface area contributed by atoms with Gasteiger partial charge in [0.15, 0.2) is 0 Å². The third-order valence-electron chi connectivity index (χ3n) is 8.86. The van der Waals surface area contributed by atoms with Crippen LogP contribution in [0.4, 0.5) is 9.59 Å². The number of carboxylic acid groups (broad SMARTS) is 2. The van der Waals surface area contributed by atoms with Gasteiger partial charge in [0.2, 0.25) is 11.8 Å². The molecule has 4 aromatic rings. The van der Waals surface area contributed by atoms with Crippen molar-refractivity contribution in [1.82, 2.24) is 41.2 Å². The average molecular weight is 715 g/mol. The Kier molecular flexibility index (Phi) is 12.8. The molecule has 52 heavy (non-hydrogen) atoms. The summed E-state index contributed by atoms with van der Waals surface area (Å²) in [6, 6.07) is 13.3. The fourth-order valence-electron chi connectivity index (χ4n) is 5.88. The highest BCUT2D eigenvalue weighted by Crippen LogP contribution is 2.29. The van der Waals surface area contributed by atoms with Crippen LogP contribution < -0.4 is 21.3 Å². The predicted molar refractivity (Wildman–Crippen MR) is 198 cm³/mol. The number of nitrogens with one attached hydrogen (secondary N) is 6. The minimum Gasteiger partial charge on any atom is -0.465 e. The first-order chi connectivity index (χ1) is 24.5. The van der Waals surface area contributed by atoms with Crippen LogP contribution in [-0.4, -0.2) is 66.2 Å². The second kappa shape index (κ2) is 17.0. The van der Waals surface area contributed by atoms with Crippen LogP contribution in [0.1, 0.15) is 79.1 Å². The van der Waals surface area contributed by atoms with E-state index in [4.69, 9.17) is 9.97 Å². The number of aromatic amines is 2. The van der Waals surface area contributed by atoms with Crippen LogP contribution in [0.2, 0.25) is 0 Å². The van der Waals surface area contributed by atoms with Crippen LogP contribution in [0.25, 0.3) is 33.6 Å². The number of imidazole rings is 2. The zero-order valence-corrected chi connectivity index (χ0v) is 30.8. The highest BCUT2D eigenvalue weighted by molar-refractivity contribution is 5.86. The molecule has 0 aliphatic carbocycles. The van der Waals surface area contributed by atoms with Crippen molar-refractivity contribution in [2.75, 3.05) is 0 Å². The van der Waals surface area contributed by atoms with Crippen LogP contribution >= 0.6 is 0 Å². The van der Waals surface area contributed by atoms with E-state index in [1.165, 1.54) is 0 Å². The quantitative estimate of drug-likeness (QED) is 0.0693. The van der Waals surface area contributed by atoms with Crippen molar-refractivity contribution in [3.05, 3.63) is 72.6 Å². The van der Waals surface area contributed by atoms with Crippen molar-refractivity contribution in [2.24, 2.45) is 23.7 Å². The highest BCUT2D eigenvalue weighted by Gasteiger charge is 2.30. The molecule has 0 unspecified atom stereocenters. The number of hydrogen-bond acceptors (Lipinski definition) is 6. The molecule has 0 saturated heterocycles. The summed E-state index contributed by atoms with van der Waals surface area (Å²) in [5.41, 5.74) is 5.21. The average Bonchev–Trinajstić information content (AvgIpc) is 3.78. The Morgan fingerprint density at radius 1 is 0.500 bits per heavy atom. The Bertz CT molecular complexity index is 1690. The van der Waals surface area contributed by atoms with Crippen molar-refractivity contribution in [3.63, 3.8) is 0 Å². The van der Waals surface area contributed by atoms with Crippen LogP contribution in [-0.2, 0) is 9.59 Å². The lowest BCUT2D eigenvalue weighted by Gasteiger charge is -2.25. The molecule has 0 aliphatic heterocycles. The molecule has 14 heteroatoms. The molecule has 0 saturated carbocycles. The molecule has 4 atom stereocenters. The summed E-state index contributed by atoms with van der Waals surface area (Å²) in [6.07, 6.45) is 1.07. The summed E-state index contributed by atoms with van der Waals surface area (Å²) >= 11 is 0. The Balaban J connectivity index is 1.45. The zero-order valence-electron chi connectivity index (χ0n) is 30.8. The first kappa shape index (κ1) is 39.1. The topological polar surface area (TPSA) is 214 Å². The second-order valence-corrected chi connectivity index (χ2v) is 14.3. The van der Waals surface area contributed by atoms with Gasteiger partial charge in [-0.05, 0) is 34.8 Å². The van der Waals surface area contributed by atoms with E-state index in [0.29, 0.717) is 23.0 Å². The molecular weight excluding hydrogens is 664 g/mol. The number of H-pyrrole nitrogens is 2. The molecule has 4 amide bonds. The predicted octanol–water partition coefficient (Wildman–Crippen LogP) is 6.34. The van der Waals surface area contributed by atoms with Crippen LogP contribution in [0, 0.1) is 23.7 Å². The van der Waals surface area contributed by atoms with Crippen molar-refractivity contribution < 1.29 is 29.4 Å². The van der Waals surface area contributed by atoms with Gasteiger partial charge in [-0.3, -0.25) is 9.59 Å². The van der Waals surface area contributed by atoms with E-state index in [1.54, 1.807) is 40.1 Å². The molecule has 0 aliphatic rings. The van der Waals surface area contributed by atoms with E-state index in [-0.39, 0.29) is 23.7 Å². The first-order valence-electron chi connectivity index (χ1n) is 17.5. The largest absolute Gasteiger partial charge is 0.465 e. The lowest BCUT2D eigenvalue weighted by Crippen LogP contribution is -2.50. The molecule has 278 valence electrons. The number of carbonyl (C=O) groups is 4. The van der Waals surface area contributed by atoms with Crippen molar-refractivity contribution in [3.8, 4) is 33.6 Å². The van der Waals surface area contributed by atoms with Crippen LogP contribution in [0.5, 0.6) is 0 Å². The van der Waals surface area contributed by atoms with Crippen molar-refractivity contribution in [2.45, 2.75) is 79.6 Å². The smallest absolute Gasteiger partial charge is 0.405 e. The number of benzene rings is 2. The van der Waals surface area contributed by atoms with E-state index in [1.807, 2.05) is 76.2 Å². The Morgan fingerprint density at radius 2 is 0.808 bits per heavy atom. The molecule has 2 heterocycles. The number of rotatable bonds is 15. The molecule has 14 nitrogen and oxygen atoms in total. The number of nitrogens with zero attached hydrogens (tertiary/aromatic N) is 2. The SMILES string of the molecule is CC(C)[C@H](NC(=O)O)C(=O)N[C@@H](c1nc(-c2ccc(-c3ccc(-c4c[nH]c([C@H](NC(=O)[C@@H](NC(=O)O)C(C)C)C(C)C)n4)cc3)cc2)c[nH]1)C(C)C. The summed E-state index contributed by atoms with van der Waals surface area (Å²) in [5.74, 6) is -0.154. The Labute approximate surface area is 303 Å². The third kappa shape index (κ3) is 9.77. The monoisotopic (exact) mass is 714 g/mol. The van der Waals surface area contributed by atoms with Gasteiger partial charge < -0.3 is 41.4 Å². The maximum absolute atomic E-state index is 13.0. The van der Waals surface area contributed by atoms with Crippen LogP contribution in [0.3, 0.4) is 0 Å². The van der Waals surface area contributed by atoms with E-state index in [9.17, 15) is 29.4 Å². The highest BCUT2D eigenvalue weighted by atomic mass is 16.4. The molecule has 2 aromatic carbocycles. The van der Waals surface area contributed by atoms with Crippen LogP contribution in [0.15, 0.2) is 60.9 Å². The number of carbonyl (C=O) groups excluding carboxylic acids is 2. The summed E-state index contributed by atoms with van der Waals surface area (Å²) < 4.78 is 0. The normalized spacial score (nSPS) is 13.8. The lowest BCUT2D eigenvalue weighted by molar-refractivity contribution is -0.125. The standard InChI is InChI=1S/C38H50N8O6/c1-19(2)29(43-35(47)31(21(5)6)45-37(49)50)33-39-17-27(41-33)25-13-9-23(10-14-25)24-11-15-26(16-12-24)28-18-40-34(42-28)30(20(3)4)44-36(48)32(22(7)8)46-38(51)52/h9-22,29-32,45-46H,1-8H3,(H,39,41)(H,40,42)(H,43,47)(H,44,48)(H,49,50)(H,51,52)/t29-,30-,31+,32+/m1/s1. The lowest BCUT2D eigenvalue weighted by atomic mass is 10.00. The molecule has 0 fully saturated rings. The van der Waals surface area contributed by atoms with Gasteiger partial charge in [-0.2, -0.15) is 0 Å². The van der Waals surface area contributed by atoms with Gasteiger partial charge >= 0.3 is 12.2 Å². The van der Waals surface area contributed by atoms with E-state index < -0.39 is 48.2 Å². The van der Waals surface area contributed by atoms with Gasteiger partial charge in [0.05, 0.1) is 23.5 Å². The number of amides is 4. The van der Waals surface area contributed by atoms with E-state index >= 15 is 0 Å². The second-order valence-electron chi connectivity index (χ2n) is 14.3. The van der Waals surface area contributed by atoms with Gasteiger partial charge in [0, 0.05) is 23.5 Å². The summed E-state index contributed by atoms with van der Waals surface area (Å²) in [5, 5.41) is 28.9. The molecule has 0 spiro atoms. The minimum absolute atomic E-state index is 0.0121. The third-order valence-corrected chi connectivity index (χ3v) is 8.86. The van der Waals surface area contributed by atoms with Gasteiger partial charge in [0.1, 0.15) is 23.7 Å². The fraction of sp³-hybridized carbons (Fsp3) is 0.421. The summed E-state index contributed by atoms with van der Waals surface area (Å²) in [4.78, 5) is 64.4. The van der Waals surface area contributed by atoms with Crippen molar-refractivity contribution >= 4 is 24.0 Å². The first-order valence-corrected chi connectivity index (χ1v) is 17.5. The summed E-state index contributed by atoms with van der Waals surface area (Å²) in [7, 11) is 0. The number of hydrogen-bond donors (Lipinski definition) is 8. The Hall–Kier alpha value is -5.66. The molecule has 0 radical (unpaired) electrons. The number of aromatic nitrogens is 4. The van der Waals surface area contributed by atoms with Crippen molar-refractivity contribution in [1.29, 1.82) is 0 Å². The Morgan fingerprint density at radius 3 is 1.08 bits per heavy atom. The minimum atomic E-state index is -1.25. The van der Waals surface area contributed by atoms with E-state index in [2.05, 4.69) is 31.2 Å². The molecule has 8 N–H and O–H groups in total. The molecule has 2 aromatic heterocycles. The zero-order chi connectivity index (χ0) is 38.3. The van der Waals surface area contributed by atoms with Gasteiger partial charge in [-0.25, -0.2) is 19.6 Å². The van der Waals surface area contributed by atoms with Gasteiger partial charge in [0.25, 0.3) is 0 Å². The van der Waals surface area contributed by atoms with E-state index in [0.717, 1.165) is 22.3 Å². The maximum Gasteiger partial charge on any atom is 0.405 e. The van der Waals surface area contributed by atoms with Gasteiger partial charge in [-0.15, -0.1) is 0 Å². The molecular formula is C38H50N8O6. The molecule has 4 rings (SSSR count). The molecule has 0 bridgehead atoms.